The summed E-state index contributed by atoms with van der Waals surface area (Å²) in [4.78, 5) is 5.19. The van der Waals surface area contributed by atoms with E-state index in [1.54, 1.807) is 0 Å². The van der Waals surface area contributed by atoms with E-state index in [1.165, 1.54) is 121 Å². The van der Waals surface area contributed by atoms with Gasteiger partial charge in [-0.2, -0.15) is 37.0 Å². The lowest BCUT2D eigenvalue weighted by Gasteiger charge is -2.36. The summed E-state index contributed by atoms with van der Waals surface area (Å²) in [5.74, 6) is 5.46. The zero-order valence-electron chi connectivity index (χ0n) is 20.3. The number of hydrogen-bond donors (Lipinski definition) is 2. The van der Waals surface area contributed by atoms with Crippen molar-refractivity contribution in [1.29, 1.82) is 0 Å². The lowest BCUT2D eigenvalue weighted by atomic mass is 10.1. The molecule has 1 atom stereocenters. The van der Waals surface area contributed by atoms with Crippen molar-refractivity contribution >= 4 is 42.7 Å². The minimum absolute atomic E-state index is 0.786. The molecule has 0 radical (unpaired) electrons. The molecule has 5 heteroatoms. The van der Waals surface area contributed by atoms with Crippen LogP contribution in [0.4, 0.5) is 5.69 Å². The third-order valence-electron chi connectivity index (χ3n) is 6.64. The Labute approximate surface area is 214 Å². The predicted molar refractivity (Wildman–Crippen MR) is 154 cm³/mol. The number of thiol groups is 2. The summed E-state index contributed by atoms with van der Waals surface area (Å²) in [6, 6.07) is 10.9. The zero-order chi connectivity index (χ0) is 22.7. The molecule has 1 aliphatic heterocycles. The molecule has 1 unspecified atom stereocenters. The Morgan fingerprint density at radius 1 is 0.750 bits per heavy atom. The van der Waals surface area contributed by atoms with Crippen LogP contribution < -0.4 is 4.90 Å². The molecule has 32 heavy (non-hydrogen) atoms. The molecule has 1 aromatic carbocycles. The number of nitrogens with zero attached hydrogens (tertiary/aromatic N) is 2. The van der Waals surface area contributed by atoms with Gasteiger partial charge in [0.05, 0.1) is 0 Å². The minimum atomic E-state index is 0.786. The van der Waals surface area contributed by atoms with Crippen LogP contribution in [-0.2, 0) is 0 Å². The average Bonchev–Trinajstić information content (AvgIpc) is 2.85. The number of para-hydroxylation sites is 1. The van der Waals surface area contributed by atoms with Gasteiger partial charge in [-0.15, -0.1) is 0 Å². The van der Waals surface area contributed by atoms with Gasteiger partial charge in [0.2, 0.25) is 0 Å². The smallest absolute Gasteiger partial charge is 0.0367 e. The second-order valence-corrected chi connectivity index (χ2v) is 11.3. The maximum atomic E-state index is 4.50. The molecule has 0 amide bonds. The van der Waals surface area contributed by atoms with E-state index >= 15 is 0 Å². The molecule has 1 fully saturated rings. The van der Waals surface area contributed by atoms with E-state index in [1.807, 2.05) is 0 Å². The van der Waals surface area contributed by atoms with Gasteiger partial charge in [-0.3, -0.25) is 4.90 Å². The van der Waals surface area contributed by atoms with Crippen molar-refractivity contribution in [3.05, 3.63) is 30.3 Å². The highest BCUT2D eigenvalue weighted by molar-refractivity contribution is 7.99. The van der Waals surface area contributed by atoms with Gasteiger partial charge < -0.3 is 4.90 Å². The number of thioether (sulfide) groups is 1. The monoisotopic (exact) mass is 496 g/mol. The first-order valence-corrected chi connectivity index (χ1v) is 15.6. The molecule has 184 valence electrons. The fraction of sp³-hybridized carbons (Fsp3) is 0.778. The SMILES string of the molecule is SCCCC(CS)CSCCCCCCCCCCCN1CCN(c2ccccc2)CC1. The number of benzene rings is 1. The Kier molecular flexibility index (Phi) is 17.1. The van der Waals surface area contributed by atoms with Gasteiger partial charge in [-0.25, -0.2) is 0 Å². The van der Waals surface area contributed by atoms with Crippen molar-refractivity contribution in [3.63, 3.8) is 0 Å². The van der Waals surface area contributed by atoms with Crippen molar-refractivity contribution in [3.8, 4) is 0 Å². The Morgan fingerprint density at radius 3 is 2.00 bits per heavy atom. The second kappa shape index (κ2) is 19.3. The van der Waals surface area contributed by atoms with Crippen molar-refractivity contribution in [2.24, 2.45) is 5.92 Å². The molecule has 0 spiro atoms. The van der Waals surface area contributed by atoms with Crippen LogP contribution in [0.3, 0.4) is 0 Å². The molecular weight excluding hydrogens is 449 g/mol. The summed E-state index contributed by atoms with van der Waals surface area (Å²) in [5, 5.41) is 0. The topological polar surface area (TPSA) is 6.48 Å². The summed E-state index contributed by atoms with van der Waals surface area (Å²) in [5.41, 5.74) is 1.38. The quantitative estimate of drug-likeness (QED) is 0.153. The van der Waals surface area contributed by atoms with Gasteiger partial charge in [-0.05, 0) is 73.3 Å². The lowest BCUT2D eigenvalue weighted by Crippen LogP contribution is -2.46. The van der Waals surface area contributed by atoms with Crippen molar-refractivity contribution in [1.82, 2.24) is 4.90 Å². The fourth-order valence-corrected chi connectivity index (χ4v) is 6.36. The molecule has 0 saturated carbocycles. The number of rotatable bonds is 19. The number of unbranched alkanes of at least 4 members (excludes halogenated alkanes) is 8. The number of piperazine rings is 1. The number of anilines is 1. The Hall–Kier alpha value is 0.0300. The highest BCUT2D eigenvalue weighted by Gasteiger charge is 2.16. The molecule has 1 heterocycles. The molecule has 2 nitrogen and oxygen atoms in total. The standard InChI is InChI=1S/C27H48N2S3/c30-22-13-14-26(24-31)25-32-23-12-7-5-3-1-2-4-6-11-17-28-18-20-29(21-19-28)27-15-9-8-10-16-27/h8-10,15-16,26,30-31H,1-7,11-14,17-25H2. The summed E-state index contributed by atoms with van der Waals surface area (Å²) in [6.07, 6.45) is 15.3. The lowest BCUT2D eigenvalue weighted by molar-refractivity contribution is 0.252. The minimum Gasteiger partial charge on any atom is -0.369 e. The van der Waals surface area contributed by atoms with E-state index in [2.05, 4.69) is 77.2 Å². The maximum absolute atomic E-state index is 4.50. The van der Waals surface area contributed by atoms with Crippen molar-refractivity contribution in [2.45, 2.75) is 70.6 Å². The Morgan fingerprint density at radius 2 is 1.38 bits per heavy atom. The normalized spacial score (nSPS) is 15.9. The first-order valence-electron chi connectivity index (χ1n) is 13.1. The van der Waals surface area contributed by atoms with Crippen molar-refractivity contribution in [2.75, 3.05) is 60.6 Å². The molecule has 1 aromatic rings. The average molecular weight is 497 g/mol. The molecular formula is C27H48N2S3. The van der Waals surface area contributed by atoms with Gasteiger partial charge >= 0.3 is 0 Å². The highest BCUT2D eigenvalue weighted by Crippen LogP contribution is 2.19. The van der Waals surface area contributed by atoms with E-state index < -0.39 is 0 Å². The molecule has 0 aliphatic carbocycles. The van der Waals surface area contributed by atoms with E-state index in [9.17, 15) is 0 Å². The van der Waals surface area contributed by atoms with Crippen LogP contribution in [0.1, 0.15) is 70.6 Å². The van der Waals surface area contributed by atoms with Gasteiger partial charge in [-0.1, -0.05) is 63.1 Å². The van der Waals surface area contributed by atoms with E-state index in [4.69, 9.17) is 0 Å². The molecule has 2 rings (SSSR count). The third kappa shape index (κ3) is 13.1. The van der Waals surface area contributed by atoms with Crippen LogP contribution in [0.25, 0.3) is 0 Å². The van der Waals surface area contributed by atoms with Gasteiger partial charge in [0, 0.05) is 31.9 Å². The third-order valence-corrected chi connectivity index (χ3v) is 8.76. The summed E-state index contributed by atoms with van der Waals surface area (Å²) < 4.78 is 0. The molecule has 0 N–H and O–H groups in total. The second-order valence-electron chi connectivity index (χ2n) is 9.34. The van der Waals surface area contributed by atoms with Gasteiger partial charge in [0.15, 0.2) is 0 Å². The predicted octanol–water partition coefficient (Wildman–Crippen LogP) is 7.31. The Balaban J connectivity index is 1.32. The van der Waals surface area contributed by atoms with Gasteiger partial charge in [0.1, 0.15) is 0 Å². The van der Waals surface area contributed by atoms with E-state index in [0.717, 1.165) is 17.4 Å². The molecule has 1 aliphatic rings. The van der Waals surface area contributed by atoms with E-state index in [-0.39, 0.29) is 0 Å². The first kappa shape index (κ1) is 28.3. The zero-order valence-corrected chi connectivity index (χ0v) is 22.9. The summed E-state index contributed by atoms with van der Waals surface area (Å²) in [7, 11) is 0. The van der Waals surface area contributed by atoms with Crippen LogP contribution in [0.2, 0.25) is 0 Å². The Bertz CT molecular complexity index is 535. The van der Waals surface area contributed by atoms with Gasteiger partial charge in [0.25, 0.3) is 0 Å². The molecule has 1 saturated heterocycles. The van der Waals surface area contributed by atoms with Crippen molar-refractivity contribution < 1.29 is 0 Å². The maximum Gasteiger partial charge on any atom is 0.0367 e. The summed E-state index contributed by atoms with van der Waals surface area (Å²) in [6.45, 7) is 6.09. The molecule has 0 aromatic heterocycles. The summed E-state index contributed by atoms with van der Waals surface area (Å²) >= 11 is 11.0. The van der Waals surface area contributed by atoms with Crippen LogP contribution >= 0.6 is 37.0 Å². The first-order chi connectivity index (χ1) is 15.8. The van der Waals surface area contributed by atoms with E-state index in [0.29, 0.717) is 0 Å². The largest absolute Gasteiger partial charge is 0.369 e. The highest BCUT2D eigenvalue weighted by atomic mass is 32.2. The van der Waals surface area contributed by atoms with Crippen LogP contribution in [0.15, 0.2) is 30.3 Å². The number of hydrogen-bond acceptors (Lipinski definition) is 5. The fourth-order valence-electron chi connectivity index (χ4n) is 4.50. The van der Waals surface area contributed by atoms with Crippen LogP contribution in [-0.4, -0.2) is 60.6 Å². The molecule has 0 bridgehead atoms. The van der Waals surface area contributed by atoms with Crippen LogP contribution in [0, 0.1) is 5.92 Å². The van der Waals surface area contributed by atoms with Crippen LogP contribution in [0.5, 0.6) is 0 Å².